The Morgan fingerprint density at radius 3 is 2.63 bits per heavy atom. The van der Waals surface area contributed by atoms with Crippen LogP contribution in [0.1, 0.15) is 45.5 Å². The molecule has 214 valence electrons. The van der Waals surface area contributed by atoms with Crippen LogP contribution in [0.15, 0.2) is 72.6 Å². The fourth-order valence-electron chi connectivity index (χ4n) is 5.82. The molecule has 1 aliphatic heterocycles. The van der Waals surface area contributed by atoms with Gasteiger partial charge in [0.25, 0.3) is 5.91 Å². The van der Waals surface area contributed by atoms with Gasteiger partial charge < -0.3 is 29.5 Å². The van der Waals surface area contributed by atoms with Gasteiger partial charge in [-0.1, -0.05) is 24.3 Å². The van der Waals surface area contributed by atoms with E-state index in [0.717, 1.165) is 49.1 Å². The number of fused-ring (bicyclic) bond motifs is 1. The standard InChI is InChI=1S/C32H36N4O5/c1-34(2)17-14-33-29(37)23-10-12-32(20-23)13-16-36(27-7-5-4-6-22(27)19-32)30(38)26-9-8-25(18-28(26)41-3)35-15-11-24(21-35)31(39)40/h4-9,11,15,18,20-21H,10,12-14,16-17,19H2,1-3H3,(H,33,37)(H,39,40). The number of carbonyl (C=O) groups excluding carboxylic acids is 2. The van der Waals surface area contributed by atoms with Crippen molar-refractivity contribution in [2.45, 2.75) is 25.7 Å². The monoisotopic (exact) mass is 556 g/mol. The van der Waals surface area contributed by atoms with Crippen molar-refractivity contribution in [2.24, 2.45) is 5.41 Å². The summed E-state index contributed by atoms with van der Waals surface area (Å²) >= 11 is 0. The number of allylic oxidation sites excluding steroid dienone is 1. The molecule has 1 unspecified atom stereocenters. The van der Waals surface area contributed by atoms with E-state index in [4.69, 9.17) is 4.74 Å². The molecular weight excluding hydrogens is 520 g/mol. The molecule has 0 saturated carbocycles. The molecule has 0 saturated heterocycles. The fraction of sp³-hybridized carbons (Fsp3) is 0.344. The van der Waals surface area contributed by atoms with Crippen LogP contribution in [0.2, 0.25) is 0 Å². The van der Waals surface area contributed by atoms with E-state index in [0.29, 0.717) is 30.1 Å². The number of methoxy groups -OCH3 is 1. The molecular formula is C32H36N4O5. The van der Waals surface area contributed by atoms with Gasteiger partial charge in [0.15, 0.2) is 0 Å². The topological polar surface area (TPSA) is 104 Å². The quantitative estimate of drug-likeness (QED) is 0.432. The van der Waals surface area contributed by atoms with Crippen LogP contribution >= 0.6 is 0 Å². The molecule has 9 nitrogen and oxygen atoms in total. The number of carboxylic acids is 1. The summed E-state index contributed by atoms with van der Waals surface area (Å²) in [6.07, 6.45) is 8.43. The lowest BCUT2D eigenvalue weighted by atomic mass is 9.79. The van der Waals surface area contributed by atoms with Crippen molar-refractivity contribution in [3.8, 4) is 11.4 Å². The van der Waals surface area contributed by atoms with Crippen molar-refractivity contribution < 1.29 is 24.2 Å². The first-order chi connectivity index (χ1) is 19.7. The molecule has 2 aliphatic rings. The van der Waals surface area contributed by atoms with Crippen LogP contribution in [0.4, 0.5) is 5.69 Å². The van der Waals surface area contributed by atoms with Gasteiger partial charge in [-0.05, 0) is 75.0 Å². The Balaban J connectivity index is 1.40. The summed E-state index contributed by atoms with van der Waals surface area (Å²) in [6.45, 7) is 1.90. The second kappa shape index (κ2) is 11.6. The van der Waals surface area contributed by atoms with Gasteiger partial charge in [-0.15, -0.1) is 0 Å². The van der Waals surface area contributed by atoms with Crippen LogP contribution < -0.4 is 15.0 Å². The van der Waals surface area contributed by atoms with E-state index in [-0.39, 0.29) is 22.8 Å². The number of amides is 2. The number of carboxylic acid groups (broad SMARTS) is 1. The molecule has 0 bridgehead atoms. The van der Waals surface area contributed by atoms with E-state index in [1.165, 1.54) is 19.4 Å². The average Bonchev–Trinajstić information content (AvgIpc) is 3.58. The number of hydrogen-bond donors (Lipinski definition) is 2. The summed E-state index contributed by atoms with van der Waals surface area (Å²) in [6, 6.07) is 14.8. The Bertz CT molecular complexity index is 1510. The van der Waals surface area contributed by atoms with E-state index >= 15 is 0 Å². The van der Waals surface area contributed by atoms with Crippen LogP contribution in [-0.2, 0) is 11.2 Å². The molecule has 41 heavy (non-hydrogen) atoms. The van der Waals surface area contributed by atoms with Gasteiger partial charge in [0.2, 0.25) is 5.91 Å². The number of likely N-dealkylation sites (N-methyl/N-ethyl adjacent to an activating group) is 1. The number of aromatic carboxylic acids is 1. The minimum atomic E-state index is -1.01. The number of benzene rings is 2. The van der Waals surface area contributed by atoms with Gasteiger partial charge in [0.05, 0.1) is 18.2 Å². The van der Waals surface area contributed by atoms with Crippen LogP contribution in [0.25, 0.3) is 5.69 Å². The Hall–Kier alpha value is -4.37. The lowest BCUT2D eigenvalue weighted by molar-refractivity contribution is -0.117. The second-order valence-corrected chi connectivity index (χ2v) is 11.1. The van der Waals surface area contributed by atoms with E-state index < -0.39 is 5.97 Å². The first kappa shape index (κ1) is 28.2. The largest absolute Gasteiger partial charge is 0.496 e. The molecule has 3 aromatic rings. The molecule has 5 rings (SSSR count). The first-order valence-electron chi connectivity index (χ1n) is 13.8. The maximum atomic E-state index is 14.1. The van der Waals surface area contributed by atoms with Gasteiger partial charge >= 0.3 is 5.97 Å². The SMILES string of the molecule is COc1cc(-n2ccc(C(=O)O)c2)ccc1C(=O)N1CCC2(C=C(C(=O)NCCN(C)C)CC2)Cc2ccccc21. The van der Waals surface area contributed by atoms with Crippen LogP contribution in [0.3, 0.4) is 0 Å². The number of nitrogens with zero attached hydrogens (tertiary/aromatic N) is 3. The minimum Gasteiger partial charge on any atom is -0.496 e. The van der Waals surface area contributed by atoms with Gasteiger partial charge in [-0.25, -0.2) is 4.79 Å². The highest BCUT2D eigenvalue weighted by Gasteiger charge is 2.39. The Morgan fingerprint density at radius 2 is 1.90 bits per heavy atom. The van der Waals surface area contributed by atoms with Crippen molar-refractivity contribution in [1.82, 2.24) is 14.8 Å². The number of aromatic nitrogens is 1. The zero-order valence-electron chi connectivity index (χ0n) is 23.7. The zero-order chi connectivity index (χ0) is 29.1. The third-order valence-electron chi connectivity index (χ3n) is 8.07. The lowest BCUT2D eigenvalue weighted by Gasteiger charge is -2.26. The Labute approximate surface area is 240 Å². The summed E-state index contributed by atoms with van der Waals surface area (Å²) in [5.41, 5.74) is 3.87. The summed E-state index contributed by atoms with van der Waals surface area (Å²) in [4.78, 5) is 42.1. The molecule has 1 aliphatic carbocycles. The van der Waals surface area contributed by atoms with Gasteiger partial charge in [-0.3, -0.25) is 9.59 Å². The van der Waals surface area contributed by atoms with E-state index in [1.807, 2.05) is 42.1 Å². The summed E-state index contributed by atoms with van der Waals surface area (Å²) in [5, 5.41) is 12.3. The smallest absolute Gasteiger partial charge is 0.337 e. The minimum absolute atomic E-state index is 0.00261. The predicted octanol–water partition coefficient (Wildman–Crippen LogP) is 4.16. The summed E-state index contributed by atoms with van der Waals surface area (Å²) in [5.74, 6) is -0.765. The summed E-state index contributed by atoms with van der Waals surface area (Å²) in [7, 11) is 5.48. The van der Waals surface area contributed by atoms with E-state index in [9.17, 15) is 19.5 Å². The van der Waals surface area contributed by atoms with Crippen LogP contribution in [0, 0.1) is 5.41 Å². The Kier molecular flexibility index (Phi) is 7.99. The van der Waals surface area contributed by atoms with Crippen molar-refractivity contribution in [1.29, 1.82) is 0 Å². The zero-order valence-corrected chi connectivity index (χ0v) is 23.7. The van der Waals surface area contributed by atoms with Crippen molar-refractivity contribution in [3.05, 3.63) is 89.3 Å². The molecule has 0 radical (unpaired) electrons. The summed E-state index contributed by atoms with van der Waals surface area (Å²) < 4.78 is 7.33. The number of anilines is 1. The lowest BCUT2D eigenvalue weighted by Crippen LogP contribution is -2.33. The Morgan fingerprint density at radius 1 is 1.10 bits per heavy atom. The van der Waals surface area contributed by atoms with Crippen molar-refractivity contribution >= 4 is 23.5 Å². The van der Waals surface area contributed by atoms with E-state index in [1.54, 1.807) is 29.0 Å². The van der Waals surface area contributed by atoms with Crippen molar-refractivity contribution in [2.75, 3.05) is 45.7 Å². The number of carbonyl (C=O) groups is 3. The van der Waals surface area contributed by atoms with Gasteiger partial charge in [0, 0.05) is 55.0 Å². The molecule has 2 N–H and O–H groups in total. The third-order valence-corrected chi connectivity index (χ3v) is 8.07. The maximum absolute atomic E-state index is 14.1. The first-order valence-corrected chi connectivity index (χ1v) is 13.8. The van der Waals surface area contributed by atoms with Crippen LogP contribution in [0.5, 0.6) is 5.75 Å². The third kappa shape index (κ3) is 5.90. The number of nitrogens with one attached hydrogen (secondary N) is 1. The number of para-hydroxylation sites is 1. The molecule has 0 fully saturated rings. The highest BCUT2D eigenvalue weighted by Crippen LogP contribution is 2.46. The predicted molar refractivity (Wildman–Crippen MR) is 157 cm³/mol. The number of rotatable bonds is 8. The highest BCUT2D eigenvalue weighted by atomic mass is 16.5. The molecule has 2 aromatic carbocycles. The number of hydrogen-bond acceptors (Lipinski definition) is 5. The normalized spacial score (nSPS) is 18.1. The second-order valence-electron chi connectivity index (χ2n) is 11.1. The van der Waals surface area contributed by atoms with Gasteiger partial charge in [0.1, 0.15) is 5.75 Å². The van der Waals surface area contributed by atoms with Gasteiger partial charge in [-0.2, -0.15) is 0 Å². The highest BCUT2D eigenvalue weighted by molar-refractivity contribution is 6.08. The molecule has 2 amide bonds. The maximum Gasteiger partial charge on any atom is 0.337 e. The molecule has 1 aromatic heterocycles. The fourth-order valence-corrected chi connectivity index (χ4v) is 5.82. The molecule has 1 spiro atoms. The van der Waals surface area contributed by atoms with Crippen LogP contribution in [-0.4, -0.2) is 73.2 Å². The molecule has 9 heteroatoms. The van der Waals surface area contributed by atoms with Crippen molar-refractivity contribution in [3.63, 3.8) is 0 Å². The average molecular weight is 557 g/mol. The van der Waals surface area contributed by atoms with E-state index in [2.05, 4.69) is 17.5 Å². The number of ether oxygens (including phenoxy) is 1. The molecule has 1 atom stereocenters. The molecule has 2 heterocycles.